The molecule has 1 aromatic carbocycles. The standard InChI is InChI=1S/C12H13Cl2N3O/c1-8(9-4-3-5-10(14)6-9)17(2)12-16-15-11(7-13)18-12/h3-6,8H,7H2,1-2H3. The molecule has 1 heterocycles. The average Bonchev–Trinajstić information content (AvgIpc) is 2.85. The molecule has 0 aliphatic rings. The number of benzene rings is 1. The lowest BCUT2D eigenvalue weighted by molar-refractivity contribution is 0.494. The highest BCUT2D eigenvalue weighted by Gasteiger charge is 2.17. The van der Waals surface area contributed by atoms with Gasteiger partial charge in [-0.3, -0.25) is 0 Å². The smallest absolute Gasteiger partial charge is 0.318 e. The van der Waals surface area contributed by atoms with Crippen molar-refractivity contribution in [2.45, 2.75) is 18.8 Å². The predicted molar refractivity (Wildman–Crippen MR) is 72.1 cm³/mol. The Labute approximate surface area is 116 Å². The Morgan fingerprint density at radius 2 is 2.17 bits per heavy atom. The van der Waals surface area contributed by atoms with Gasteiger partial charge in [0.15, 0.2) is 0 Å². The van der Waals surface area contributed by atoms with E-state index in [-0.39, 0.29) is 11.9 Å². The van der Waals surface area contributed by atoms with E-state index in [1.54, 1.807) is 0 Å². The molecule has 4 nitrogen and oxygen atoms in total. The highest BCUT2D eigenvalue weighted by atomic mass is 35.5. The second kappa shape index (κ2) is 5.59. The van der Waals surface area contributed by atoms with Gasteiger partial charge >= 0.3 is 6.01 Å². The summed E-state index contributed by atoms with van der Waals surface area (Å²) in [7, 11) is 1.89. The fraction of sp³-hybridized carbons (Fsp3) is 0.333. The van der Waals surface area contributed by atoms with Crippen LogP contribution < -0.4 is 4.90 Å². The first-order valence-electron chi connectivity index (χ1n) is 5.48. The topological polar surface area (TPSA) is 42.2 Å². The van der Waals surface area contributed by atoms with Crippen LogP contribution in [-0.4, -0.2) is 17.2 Å². The summed E-state index contributed by atoms with van der Waals surface area (Å²) in [6.45, 7) is 2.04. The normalized spacial score (nSPS) is 12.4. The van der Waals surface area contributed by atoms with Crippen LogP contribution in [0.5, 0.6) is 0 Å². The first kappa shape index (κ1) is 13.2. The maximum atomic E-state index is 5.98. The molecule has 0 spiro atoms. The summed E-state index contributed by atoms with van der Waals surface area (Å²) < 4.78 is 5.41. The van der Waals surface area contributed by atoms with Crippen LogP contribution in [0.25, 0.3) is 0 Å². The second-order valence-corrected chi connectivity index (χ2v) is 4.66. The molecule has 2 rings (SSSR count). The number of rotatable bonds is 4. The lowest BCUT2D eigenvalue weighted by Gasteiger charge is -2.23. The third kappa shape index (κ3) is 2.76. The molecule has 0 amide bonds. The highest BCUT2D eigenvalue weighted by molar-refractivity contribution is 6.30. The van der Waals surface area contributed by atoms with Gasteiger partial charge in [-0.05, 0) is 24.6 Å². The van der Waals surface area contributed by atoms with E-state index < -0.39 is 0 Å². The first-order valence-corrected chi connectivity index (χ1v) is 6.39. The Hall–Kier alpha value is -1.26. The van der Waals surface area contributed by atoms with E-state index in [0.717, 1.165) is 5.56 Å². The van der Waals surface area contributed by atoms with Gasteiger partial charge in [0.1, 0.15) is 5.88 Å². The van der Waals surface area contributed by atoms with Crippen LogP contribution >= 0.6 is 23.2 Å². The highest BCUT2D eigenvalue weighted by Crippen LogP contribution is 2.26. The molecule has 0 aliphatic carbocycles. The van der Waals surface area contributed by atoms with Crippen LogP contribution in [0.1, 0.15) is 24.4 Å². The molecular weight excluding hydrogens is 273 g/mol. The Balaban J connectivity index is 2.20. The summed E-state index contributed by atoms with van der Waals surface area (Å²) in [4.78, 5) is 1.88. The lowest BCUT2D eigenvalue weighted by Crippen LogP contribution is -2.21. The van der Waals surface area contributed by atoms with Crippen LogP contribution in [0.4, 0.5) is 6.01 Å². The zero-order valence-electron chi connectivity index (χ0n) is 10.1. The molecule has 1 aromatic heterocycles. The van der Waals surface area contributed by atoms with E-state index in [1.807, 2.05) is 43.1 Å². The predicted octanol–water partition coefficient (Wildman–Crippen LogP) is 3.66. The van der Waals surface area contributed by atoms with E-state index in [4.69, 9.17) is 27.6 Å². The van der Waals surface area contributed by atoms with E-state index in [2.05, 4.69) is 10.2 Å². The van der Waals surface area contributed by atoms with Crippen molar-refractivity contribution in [3.8, 4) is 0 Å². The fourth-order valence-electron chi connectivity index (χ4n) is 1.60. The summed E-state index contributed by atoms with van der Waals surface area (Å²) in [5.41, 5.74) is 1.08. The second-order valence-electron chi connectivity index (χ2n) is 3.95. The third-order valence-corrected chi connectivity index (χ3v) is 3.25. The number of halogens is 2. The number of nitrogens with zero attached hydrogens (tertiary/aromatic N) is 3. The summed E-state index contributed by atoms with van der Waals surface area (Å²) in [5.74, 6) is 0.628. The van der Waals surface area contributed by atoms with Gasteiger partial charge in [0.25, 0.3) is 0 Å². The SMILES string of the molecule is CC(c1cccc(Cl)c1)N(C)c1nnc(CCl)o1. The Bertz CT molecular complexity index is 530. The van der Waals surface area contributed by atoms with Crippen LogP contribution in [0.15, 0.2) is 28.7 Å². The molecule has 0 radical (unpaired) electrons. The Morgan fingerprint density at radius 3 is 2.78 bits per heavy atom. The van der Waals surface area contributed by atoms with E-state index in [1.165, 1.54) is 0 Å². The van der Waals surface area contributed by atoms with Gasteiger partial charge in [0, 0.05) is 12.1 Å². The van der Waals surface area contributed by atoms with Gasteiger partial charge in [-0.1, -0.05) is 28.8 Å². The van der Waals surface area contributed by atoms with Crippen molar-refractivity contribution >= 4 is 29.2 Å². The summed E-state index contributed by atoms with van der Waals surface area (Å²) >= 11 is 11.6. The van der Waals surface area contributed by atoms with Crippen LogP contribution in [0, 0.1) is 0 Å². The molecule has 0 saturated heterocycles. The minimum atomic E-state index is 0.0762. The third-order valence-electron chi connectivity index (χ3n) is 2.78. The molecular formula is C12H13Cl2N3O. The van der Waals surface area contributed by atoms with Crippen molar-refractivity contribution in [3.05, 3.63) is 40.7 Å². The Kier molecular flexibility index (Phi) is 4.09. The maximum absolute atomic E-state index is 5.98. The summed E-state index contributed by atoms with van der Waals surface area (Å²) in [5, 5.41) is 8.49. The molecule has 96 valence electrons. The molecule has 6 heteroatoms. The van der Waals surface area contributed by atoms with Gasteiger partial charge in [0.2, 0.25) is 5.89 Å². The zero-order chi connectivity index (χ0) is 13.1. The quantitative estimate of drug-likeness (QED) is 0.804. The van der Waals surface area contributed by atoms with E-state index in [0.29, 0.717) is 16.9 Å². The largest absolute Gasteiger partial charge is 0.407 e. The maximum Gasteiger partial charge on any atom is 0.318 e. The van der Waals surface area contributed by atoms with Crippen molar-refractivity contribution in [2.75, 3.05) is 11.9 Å². The molecule has 0 fully saturated rings. The molecule has 1 unspecified atom stereocenters. The van der Waals surface area contributed by atoms with Crippen molar-refractivity contribution in [1.82, 2.24) is 10.2 Å². The molecule has 2 aromatic rings. The van der Waals surface area contributed by atoms with Crippen molar-refractivity contribution in [1.29, 1.82) is 0 Å². The van der Waals surface area contributed by atoms with Gasteiger partial charge in [-0.25, -0.2) is 0 Å². The number of alkyl halides is 1. The lowest BCUT2D eigenvalue weighted by atomic mass is 10.1. The average molecular weight is 286 g/mol. The summed E-state index contributed by atoms with van der Waals surface area (Å²) in [6, 6.07) is 8.20. The van der Waals surface area contributed by atoms with Gasteiger partial charge in [0.05, 0.1) is 6.04 Å². The van der Waals surface area contributed by atoms with Gasteiger partial charge < -0.3 is 9.32 Å². The van der Waals surface area contributed by atoms with Crippen LogP contribution in [0.2, 0.25) is 5.02 Å². The van der Waals surface area contributed by atoms with Crippen molar-refractivity contribution < 1.29 is 4.42 Å². The number of hydrogen-bond donors (Lipinski definition) is 0. The molecule has 0 aliphatic heterocycles. The molecule has 0 saturated carbocycles. The van der Waals surface area contributed by atoms with Crippen molar-refractivity contribution in [2.24, 2.45) is 0 Å². The van der Waals surface area contributed by atoms with Gasteiger partial charge in [-0.2, -0.15) is 0 Å². The van der Waals surface area contributed by atoms with Gasteiger partial charge in [-0.15, -0.1) is 16.7 Å². The monoisotopic (exact) mass is 285 g/mol. The molecule has 0 bridgehead atoms. The van der Waals surface area contributed by atoms with Crippen LogP contribution in [0.3, 0.4) is 0 Å². The molecule has 0 N–H and O–H groups in total. The molecule has 1 atom stereocenters. The Morgan fingerprint density at radius 1 is 1.39 bits per heavy atom. The minimum Gasteiger partial charge on any atom is -0.407 e. The zero-order valence-corrected chi connectivity index (χ0v) is 11.6. The number of anilines is 1. The fourth-order valence-corrected chi connectivity index (χ4v) is 1.90. The molecule has 18 heavy (non-hydrogen) atoms. The van der Waals surface area contributed by atoms with E-state index in [9.17, 15) is 0 Å². The number of hydrogen-bond acceptors (Lipinski definition) is 4. The summed E-state index contributed by atoms with van der Waals surface area (Å²) in [6.07, 6.45) is 0. The van der Waals surface area contributed by atoms with Crippen molar-refractivity contribution in [3.63, 3.8) is 0 Å². The van der Waals surface area contributed by atoms with Crippen LogP contribution in [-0.2, 0) is 5.88 Å². The number of aromatic nitrogens is 2. The van der Waals surface area contributed by atoms with E-state index >= 15 is 0 Å². The minimum absolute atomic E-state index is 0.0762. The first-order chi connectivity index (χ1) is 8.61.